The molecule has 1 spiro atoms. The monoisotopic (exact) mass is 472 g/mol. The molecule has 1 aromatic rings. The molecule has 0 radical (unpaired) electrons. The van der Waals surface area contributed by atoms with E-state index in [1.165, 1.54) is 0 Å². The van der Waals surface area contributed by atoms with Gasteiger partial charge in [-0.2, -0.15) is 0 Å². The molecule has 1 N–H and O–H groups in total. The molecule has 5 atom stereocenters. The van der Waals surface area contributed by atoms with Crippen molar-refractivity contribution in [3.05, 3.63) is 30.3 Å². The molecule has 2 aliphatic carbocycles. The number of aliphatic hydroxyl groups excluding tert-OH is 1. The van der Waals surface area contributed by atoms with Crippen molar-refractivity contribution in [1.29, 1.82) is 0 Å². The van der Waals surface area contributed by atoms with Crippen LogP contribution >= 0.6 is 0 Å². The predicted molar refractivity (Wildman–Crippen MR) is 131 cm³/mol. The summed E-state index contributed by atoms with van der Waals surface area (Å²) < 4.78 is 24.8. The Labute approximate surface area is 200 Å². The first-order valence-corrected chi connectivity index (χ1v) is 15.2. The van der Waals surface area contributed by atoms with E-state index in [0.29, 0.717) is 19.8 Å². The van der Waals surface area contributed by atoms with E-state index >= 15 is 0 Å². The normalized spacial score (nSPS) is 31.8. The molecule has 1 saturated heterocycles. The number of hydrogen-bond acceptors (Lipinski definition) is 5. The van der Waals surface area contributed by atoms with Gasteiger partial charge in [0.25, 0.3) is 0 Å². The first kappa shape index (κ1) is 24.8. The van der Waals surface area contributed by atoms with E-state index < -0.39 is 20.2 Å². The van der Waals surface area contributed by atoms with Crippen molar-refractivity contribution in [3.8, 4) is 17.6 Å². The zero-order valence-corrected chi connectivity index (χ0v) is 22.0. The van der Waals surface area contributed by atoms with Gasteiger partial charge in [-0.1, -0.05) is 57.7 Å². The van der Waals surface area contributed by atoms with Crippen LogP contribution < -0.4 is 4.74 Å². The number of rotatable bonds is 5. The highest BCUT2D eigenvalue weighted by Gasteiger charge is 2.69. The Balaban J connectivity index is 1.53. The molecule has 33 heavy (non-hydrogen) atoms. The van der Waals surface area contributed by atoms with Gasteiger partial charge in [0.15, 0.2) is 14.1 Å². The van der Waals surface area contributed by atoms with Crippen LogP contribution in [0, 0.1) is 29.1 Å². The maximum atomic E-state index is 10.9. The first-order chi connectivity index (χ1) is 15.5. The molecule has 1 heterocycles. The van der Waals surface area contributed by atoms with Crippen molar-refractivity contribution >= 4 is 8.32 Å². The van der Waals surface area contributed by atoms with Crippen LogP contribution in [0.4, 0.5) is 0 Å². The minimum Gasteiger partial charge on any atom is -0.490 e. The van der Waals surface area contributed by atoms with E-state index in [4.69, 9.17) is 18.6 Å². The van der Waals surface area contributed by atoms with E-state index in [1.54, 1.807) is 0 Å². The van der Waals surface area contributed by atoms with Crippen LogP contribution in [0.2, 0.25) is 18.1 Å². The molecule has 0 bridgehead atoms. The largest absolute Gasteiger partial charge is 0.490 e. The van der Waals surface area contributed by atoms with E-state index in [2.05, 4.69) is 52.6 Å². The number of aliphatic hydroxyl groups is 1. The quantitative estimate of drug-likeness (QED) is 0.483. The van der Waals surface area contributed by atoms with Gasteiger partial charge in [0.1, 0.15) is 18.5 Å². The number of benzene rings is 1. The second-order valence-corrected chi connectivity index (χ2v) is 16.3. The highest BCUT2D eigenvalue weighted by Crippen LogP contribution is 2.66. The Kier molecular flexibility index (Phi) is 6.76. The van der Waals surface area contributed by atoms with Gasteiger partial charge in [-0.15, -0.1) is 0 Å². The third-order valence-corrected chi connectivity index (χ3v) is 13.0. The average Bonchev–Trinajstić information content (AvgIpc) is 3.26. The number of fused-ring (bicyclic) bond motifs is 2. The summed E-state index contributed by atoms with van der Waals surface area (Å²) in [5, 5.41) is 10.9. The molecule has 0 aromatic heterocycles. The van der Waals surface area contributed by atoms with Gasteiger partial charge in [0, 0.05) is 11.8 Å². The molecule has 0 amide bonds. The van der Waals surface area contributed by atoms with Crippen LogP contribution in [0.5, 0.6) is 5.75 Å². The van der Waals surface area contributed by atoms with Crippen molar-refractivity contribution < 1.29 is 23.7 Å². The van der Waals surface area contributed by atoms with Crippen molar-refractivity contribution in [2.24, 2.45) is 17.3 Å². The molecule has 3 fully saturated rings. The van der Waals surface area contributed by atoms with E-state index in [1.807, 2.05) is 30.3 Å². The van der Waals surface area contributed by atoms with Crippen molar-refractivity contribution in [2.75, 3.05) is 19.8 Å². The summed E-state index contributed by atoms with van der Waals surface area (Å²) in [5.41, 5.74) is -0.0988. The van der Waals surface area contributed by atoms with Gasteiger partial charge in [-0.25, -0.2) is 0 Å². The zero-order valence-electron chi connectivity index (χ0n) is 21.0. The first-order valence-electron chi connectivity index (χ1n) is 12.3. The fourth-order valence-electron chi connectivity index (χ4n) is 5.31. The Morgan fingerprint density at radius 1 is 1.18 bits per heavy atom. The summed E-state index contributed by atoms with van der Waals surface area (Å²) in [6, 6.07) is 9.79. The lowest BCUT2D eigenvalue weighted by Gasteiger charge is -2.64. The van der Waals surface area contributed by atoms with Crippen LogP contribution in [0.1, 0.15) is 47.0 Å². The molecule has 5 nitrogen and oxygen atoms in total. The van der Waals surface area contributed by atoms with Gasteiger partial charge in [0.05, 0.1) is 25.2 Å². The second kappa shape index (κ2) is 9.01. The molecular weight excluding hydrogens is 432 g/mol. The lowest BCUT2D eigenvalue weighted by atomic mass is 9.47. The standard InChI is InChI=1S/C27H40O5Si/c1-25(2,3)33(5,6)32-21(19-29-20-10-8-7-9-11-20)12-13-22-23-18-27(30-16-17-31-27)26(23,4)15-14-24(22)28/h7-11,21-24,28H,14-19H2,1-6H3/t21-,22-,23-,24-,26+/m0/s1. The van der Waals surface area contributed by atoms with Gasteiger partial charge in [0.2, 0.25) is 0 Å². The molecule has 4 rings (SSSR count). The highest BCUT2D eigenvalue weighted by atomic mass is 28.4. The summed E-state index contributed by atoms with van der Waals surface area (Å²) in [4.78, 5) is 0. The number of hydrogen-bond donors (Lipinski definition) is 1. The second-order valence-electron chi connectivity index (χ2n) is 11.6. The maximum absolute atomic E-state index is 10.9. The summed E-state index contributed by atoms with van der Waals surface area (Å²) in [6.07, 6.45) is 1.64. The summed E-state index contributed by atoms with van der Waals surface area (Å²) in [6.45, 7) is 15.1. The van der Waals surface area contributed by atoms with Gasteiger partial charge < -0.3 is 23.7 Å². The number of para-hydroxylation sites is 1. The summed E-state index contributed by atoms with van der Waals surface area (Å²) in [7, 11) is -2.05. The van der Waals surface area contributed by atoms with E-state index in [0.717, 1.165) is 25.0 Å². The topological polar surface area (TPSA) is 57.2 Å². The Morgan fingerprint density at radius 2 is 1.85 bits per heavy atom. The van der Waals surface area contributed by atoms with Crippen molar-refractivity contribution in [2.45, 2.75) is 83.1 Å². The molecule has 1 aromatic carbocycles. The lowest BCUT2D eigenvalue weighted by molar-refractivity contribution is -0.344. The van der Waals surface area contributed by atoms with Crippen LogP contribution in [0.25, 0.3) is 0 Å². The fourth-order valence-corrected chi connectivity index (χ4v) is 6.50. The van der Waals surface area contributed by atoms with Crippen LogP contribution in [0.3, 0.4) is 0 Å². The Morgan fingerprint density at radius 3 is 2.48 bits per heavy atom. The third kappa shape index (κ3) is 4.63. The summed E-state index contributed by atoms with van der Waals surface area (Å²) >= 11 is 0. The molecule has 3 aliphatic rings. The SMILES string of the molecule is CC(C)(C)[Si](C)(C)O[C@@H](C#C[C@@H]1[C@@H](O)CC[C@]2(C)[C@H]1CC21OCCO1)COc1ccccc1. The van der Waals surface area contributed by atoms with Crippen LogP contribution in [0.15, 0.2) is 30.3 Å². The van der Waals surface area contributed by atoms with Crippen LogP contribution in [-0.2, 0) is 13.9 Å². The van der Waals surface area contributed by atoms with Crippen molar-refractivity contribution in [3.63, 3.8) is 0 Å². The molecular formula is C27H40O5Si. The average molecular weight is 473 g/mol. The minimum atomic E-state index is -2.05. The summed E-state index contributed by atoms with van der Waals surface area (Å²) in [5.74, 6) is 7.33. The van der Waals surface area contributed by atoms with Gasteiger partial charge in [-0.3, -0.25) is 0 Å². The number of ether oxygens (including phenoxy) is 3. The zero-order chi connectivity index (χ0) is 23.9. The molecule has 182 valence electrons. The molecule has 6 heteroatoms. The maximum Gasteiger partial charge on any atom is 0.193 e. The lowest BCUT2D eigenvalue weighted by Crippen LogP contribution is -2.67. The van der Waals surface area contributed by atoms with Crippen LogP contribution in [-0.4, -0.2) is 51.2 Å². The van der Waals surface area contributed by atoms with Crippen molar-refractivity contribution in [1.82, 2.24) is 0 Å². The smallest absolute Gasteiger partial charge is 0.193 e. The highest BCUT2D eigenvalue weighted by molar-refractivity contribution is 6.74. The Hall–Kier alpha value is -1.36. The molecule has 1 aliphatic heterocycles. The minimum absolute atomic E-state index is 0.0696. The molecule has 0 unspecified atom stereocenters. The predicted octanol–water partition coefficient (Wildman–Crippen LogP) is 5.00. The van der Waals surface area contributed by atoms with Gasteiger partial charge in [-0.05, 0) is 49.0 Å². The third-order valence-electron chi connectivity index (χ3n) is 8.54. The van der Waals surface area contributed by atoms with E-state index in [-0.39, 0.29) is 28.4 Å². The molecule has 2 saturated carbocycles. The van der Waals surface area contributed by atoms with Gasteiger partial charge >= 0.3 is 0 Å². The fraction of sp³-hybridized carbons (Fsp3) is 0.704. The van der Waals surface area contributed by atoms with E-state index in [9.17, 15) is 5.11 Å². The Bertz CT molecular complexity index is 877.